The first-order valence-electron chi connectivity index (χ1n) is 7.05. The van der Waals surface area contributed by atoms with E-state index in [1.165, 1.54) is 32.1 Å². The van der Waals surface area contributed by atoms with E-state index >= 15 is 0 Å². The smallest absolute Gasteiger partial charge is 0.254 e. The van der Waals surface area contributed by atoms with E-state index in [0.717, 1.165) is 5.56 Å². The maximum Gasteiger partial charge on any atom is 0.254 e. The number of amides is 1. The Hall–Kier alpha value is -1.39. The number of nitrogens with one attached hydrogen (secondary N) is 2. The van der Waals surface area contributed by atoms with Crippen molar-refractivity contribution in [1.82, 2.24) is 10.7 Å². The van der Waals surface area contributed by atoms with Crippen LogP contribution in [0, 0.1) is 0 Å². The minimum atomic E-state index is -0.117. The summed E-state index contributed by atoms with van der Waals surface area (Å²) in [7, 11) is 0. The molecule has 0 radical (unpaired) electrons. The second-order valence-corrected chi connectivity index (χ2v) is 5.50. The Balaban J connectivity index is 1.69. The lowest BCUT2D eigenvalue weighted by Crippen LogP contribution is -2.38. The molecule has 0 saturated heterocycles. The summed E-state index contributed by atoms with van der Waals surface area (Å²) in [6.45, 7) is 0.317. The molecule has 0 atom stereocenters. The molecular formula is C15H20ClN3O. The summed E-state index contributed by atoms with van der Waals surface area (Å²) < 4.78 is 0. The Kier molecular flexibility index (Phi) is 6.02. The van der Waals surface area contributed by atoms with Crippen LogP contribution in [0.5, 0.6) is 0 Å². The molecule has 20 heavy (non-hydrogen) atoms. The fourth-order valence-corrected chi connectivity index (χ4v) is 2.55. The monoisotopic (exact) mass is 293 g/mol. The summed E-state index contributed by atoms with van der Waals surface area (Å²) in [6, 6.07) is 7.78. The maximum atomic E-state index is 11.6. The molecule has 0 spiro atoms. The van der Waals surface area contributed by atoms with E-state index in [4.69, 9.17) is 11.6 Å². The molecule has 1 amide bonds. The van der Waals surface area contributed by atoms with Gasteiger partial charge in [0.25, 0.3) is 5.91 Å². The molecular weight excluding hydrogens is 274 g/mol. The van der Waals surface area contributed by atoms with Crippen LogP contribution in [0.2, 0.25) is 5.02 Å². The molecule has 1 aliphatic carbocycles. The Bertz CT molecular complexity index is 470. The second kappa shape index (κ2) is 8.02. The molecule has 1 aromatic rings. The molecule has 1 saturated carbocycles. The third-order valence-corrected chi connectivity index (χ3v) is 3.64. The van der Waals surface area contributed by atoms with Crippen LogP contribution in [0.1, 0.15) is 37.7 Å². The molecule has 1 aliphatic rings. The van der Waals surface area contributed by atoms with Crippen molar-refractivity contribution in [3.8, 4) is 0 Å². The SMILES string of the molecule is O=C(CNC1CCCCC1)N/N=C\c1cccc(Cl)c1. The number of benzene rings is 1. The first kappa shape index (κ1) is 15.0. The number of nitrogens with zero attached hydrogens (tertiary/aromatic N) is 1. The van der Waals surface area contributed by atoms with Gasteiger partial charge in [-0.15, -0.1) is 0 Å². The molecule has 0 bridgehead atoms. The van der Waals surface area contributed by atoms with Crippen LogP contribution in [0.3, 0.4) is 0 Å². The van der Waals surface area contributed by atoms with Gasteiger partial charge in [-0.25, -0.2) is 5.43 Å². The van der Waals surface area contributed by atoms with Crippen LogP contribution in [0.15, 0.2) is 29.4 Å². The molecule has 4 nitrogen and oxygen atoms in total. The lowest BCUT2D eigenvalue weighted by molar-refractivity contribution is -0.120. The van der Waals surface area contributed by atoms with Gasteiger partial charge in [-0.1, -0.05) is 43.0 Å². The summed E-state index contributed by atoms with van der Waals surface area (Å²) in [6.07, 6.45) is 7.75. The fraction of sp³-hybridized carbons (Fsp3) is 0.467. The van der Waals surface area contributed by atoms with Crippen LogP contribution in [0.4, 0.5) is 0 Å². The molecule has 1 aromatic carbocycles. The van der Waals surface area contributed by atoms with Gasteiger partial charge < -0.3 is 5.32 Å². The first-order chi connectivity index (χ1) is 9.74. The Labute approximate surface area is 124 Å². The van der Waals surface area contributed by atoms with E-state index in [0.29, 0.717) is 17.6 Å². The molecule has 2 rings (SSSR count). The van der Waals surface area contributed by atoms with Crippen molar-refractivity contribution in [3.63, 3.8) is 0 Å². The quantitative estimate of drug-likeness (QED) is 0.648. The van der Waals surface area contributed by atoms with Crippen molar-refractivity contribution in [2.24, 2.45) is 5.10 Å². The van der Waals surface area contributed by atoms with Gasteiger partial charge in [0.2, 0.25) is 0 Å². The minimum absolute atomic E-state index is 0.117. The van der Waals surface area contributed by atoms with Crippen LogP contribution >= 0.6 is 11.6 Å². The highest BCUT2D eigenvalue weighted by Crippen LogP contribution is 2.16. The van der Waals surface area contributed by atoms with Crippen molar-refractivity contribution in [2.45, 2.75) is 38.1 Å². The standard InChI is InChI=1S/C15H20ClN3O/c16-13-6-4-5-12(9-13)10-18-19-15(20)11-17-14-7-2-1-3-8-14/h4-6,9-10,14,17H,1-3,7-8,11H2,(H,19,20)/b18-10-. The molecule has 0 heterocycles. The van der Waals surface area contributed by atoms with Crippen molar-refractivity contribution in [1.29, 1.82) is 0 Å². The fourth-order valence-electron chi connectivity index (χ4n) is 2.35. The van der Waals surface area contributed by atoms with Gasteiger partial charge in [0, 0.05) is 11.1 Å². The zero-order chi connectivity index (χ0) is 14.2. The van der Waals surface area contributed by atoms with Crippen LogP contribution in [-0.4, -0.2) is 24.7 Å². The van der Waals surface area contributed by atoms with E-state index in [-0.39, 0.29) is 5.91 Å². The van der Waals surface area contributed by atoms with Crippen molar-refractivity contribution >= 4 is 23.7 Å². The zero-order valence-corrected chi connectivity index (χ0v) is 12.2. The molecule has 2 N–H and O–H groups in total. The number of hydrogen-bond donors (Lipinski definition) is 2. The Morgan fingerprint density at radius 3 is 2.90 bits per heavy atom. The number of rotatable bonds is 5. The van der Waals surface area contributed by atoms with E-state index in [1.807, 2.05) is 12.1 Å². The summed E-state index contributed by atoms with van der Waals surface area (Å²) in [5.74, 6) is -0.117. The zero-order valence-electron chi connectivity index (χ0n) is 11.4. The van der Waals surface area contributed by atoms with Crippen LogP contribution < -0.4 is 10.7 Å². The molecule has 0 aromatic heterocycles. The summed E-state index contributed by atoms with van der Waals surface area (Å²) in [5, 5.41) is 7.85. The van der Waals surface area contributed by atoms with Gasteiger partial charge in [-0.3, -0.25) is 4.79 Å². The predicted octanol–water partition coefficient (Wildman–Crippen LogP) is 2.71. The van der Waals surface area contributed by atoms with Gasteiger partial charge in [-0.05, 0) is 30.5 Å². The van der Waals surface area contributed by atoms with Crippen LogP contribution in [-0.2, 0) is 4.79 Å². The van der Waals surface area contributed by atoms with E-state index in [2.05, 4.69) is 15.8 Å². The Morgan fingerprint density at radius 1 is 1.35 bits per heavy atom. The minimum Gasteiger partial charge on any atom is -0.306 e. The summed E-state index contributed by atoms with van der Waals surface area (Å²) in [4.78, 5) is 11.6. The molecule has 1 fully saturated rings. The van der Waals surface area contributed by atoms with Gasteiger partial charge in [0.1, 0.15) is 0 Å². The lowest BCUT2D eigenvalue weighted by atomic mass is 9.95. The van der Waals surface area contributed by atoms with E-state index in [1.54, 1.807) is 18.3 Å². The highest BCUT2D eigenvalue weighted by molar-refractivity contribution is 6.30. The molecule has 0 aliphatic heterocycles. The third kappa shape index (κ3) is 5.31. The average Bonchev–Trinajstić information content (AvgIpc) is 2.46. The molecule has 0 unspecified atom stereocenters. The summed E-state index contributed by atoms with van der Waals surface area (Å²) in [5.41, 5.74) is 3.37. The highest BCUT2D eigenvalue weighted by Gasteiger charge is 2.13. The van der Waals surface area contributed by atoms with E-state index in [9.17, 15) is 4.79 Å². The number of carbonyl (C=O) groups excluding carboxylic acids is 1. The predicted molar refractivity (Wildman–Crippen MR) is 82.1 cm³/mol. The first-order valence-corrected chi connectivity index (χ1v) is 7.43. The van der Waals surface area contributed by atoms with Gasteiger partial charge >= 0.3 is 0 Å². The number of carbonyl (C=O) groups is 1. The lowest BCUT2D eigenvalue weighted by Gasteiger charge is -2.22. The van der Waals surface area contributed by atoms with Gasteiger partial charge in [0.15, 0.2) is 0 Å². The summed E-state index contributed by atoms with van der Waals surface area (Å²) >= 11 is 5.86. The second-order valence-electron chi connectivity index (χ2n) is 5.06. The van der Waals surface area contributed by atoms with Crippen molar-refractivity contribution in [2.75, 3.05) is 6.54 Å². The maximum absolute atomic E-state index is 11.6. The number of hydrogen-bond acceptors (Lipinski definition) is 3. The van der Waals surface area contributed by atoms with Crippen molar-refractivity contribution < 1.29 is 4.79 Å². The number of halogens is 1. The largest absolute Gasteiger partial charge is 0.306 e. The third-order valence-electron chi connectivity index (χ3n) is 3.41. The van der Waals surface area contributed by atoms with Gasteiger partial charge in [0.05, 0.1) is 12.8 Å². The molecule has 108 valence electrons. The highest BCUT2D eigenvalue weighted by atomic mass is 35.5. The number of hydrazone groups is 1. The normalized spacial score (nSPS) is 16.4. The molecule has 5 heteroatoms. The Morgan fingerprint density at radius 2 is 2.15 bits per heavy atom. The van der Waals surface area contributed by atoms with Gasteiger partial charge in [-0.2, -0.15) is 5.10 Å². The average molecular weight is 294 g/mol. The van der Waals surface area contributed by atoms with Crippen molar-refractivity contribution in [3.05, 3.63) is 34.9 Å². The van der Waals surface area contributed by atoms with Crippen LogP contribution in [0.25, 0.3) is 0 Å². The topological polar surface area (TPSA) is 53.5 Å². The van der Waals surface area contributed by atoms with E-state index < -0.39 is 0 Å².